The second-order valence-corrected chi connectivity index (χ2v) is 3.46. The third-order valence-electron chi connectivity index (χ3n) is 2.58. The van der Waals surface area contributed by atoms with Gasteiger partial charge in [0.15, 0.2) is 0 Å². The molecule has 0 aromatic carbocycles. The van der Waals surface area contributed by atoms with Crippen LogP contribution in [-0.2, 0) is 0 Å². The van der Waals surface area contributed by atoms with Crippen molar-refractivity contribution in [2.75, 3.05) is 0 Å². The van der Waals surface area contributed by atoms with Crippen LogP contribution in [0.1, 0.15) is 32.6 Å². The standard InChI is InChI=1S/C9H14FN/c1-7-2-4-9(10)5-3-8(7)6-11/h7-9H,2-5H2,1H3. The number of alkyl halides is 1. The van der Waals surface area contributed by atoms with E-state index in [4.69, 9.17) is 5.26 Å². The third-order valence-corrected chi connectivity index (χ3v) is 2.58. The zero-order chi connectivity index (χ0) is 8.27. The summed E-state index contributed by atoms with van der Waals surface area (Å²) in [6, 6.07) is 2.25. The second-order valence-electron chi connectivity index (χ2n) is 3.46. The van der Waals surface area contributed by atoms with Gasteiger partial charge in [0.05, 0.1) is 6.07 Å². The van der Waals surface area contributed by atoms with E-state index in [2.05, 4.69) is 6.07 Å². The van der Waals surface area contributed by atoms with E-state index in [-0.39, 0.29) is 5.92 Å². The number of hydrogen-bond donors (Lipinski definition) is 0. The fourth-order valence-corrected chi connectivity index (χ4v) is 1.63. The van der Waals surface area contributed by atoms with Gasteiger partial charge in [-0.2, -0.15) is 5.26 Å². The quantitative estimate of drug-likeness (QED) is 0.493. The SMILES string of the molecule is CC1CCC(F)CCC1C#N. The normalized spacial score (nSPS) is 39.2. The van der Waals surface area contributed by atoms with Crippen LogP contribution in [0.4, 0.5) is 4.39 Å². The molecule has 1 aliphatic rings. The highest BCUT2D eigenvalue weighted by molar-refractivity contribution is 4.89. The maximum atomic E-state index is 12.8. The van der Waals surface area contributed by atoms with Crippen molar-refractivity contribution in [3.63, 3.8) is 0 Å². The topological polar surface area (TPSA) is 23.8 Å². The monoisotopic (exact) mass is 155 g/mol. The van der Waals surface area contributed by atoms with Crippen LogP contribution in [0, 0.1) is 23.2 Å². The van der Waals surface area contributed by atoms with Gasteiger partial charge in [-0.15, -0.1) is 0 Å². The Morgan fingerprint density at radius 1 is 1.27 bits per heavy atom. The van der Waals surface area contributed by atoms with E-state index in [1.165, 1.54) is 0 Å². The Kier molecular flexibility index (Phi) is 2.87. The summed E-state index contributed by atoms with van der Waals surface area (Å²) < 4.78 is 12.8. The van der Waals surface area contributed by atoms with Gasteiger partial charge in [0.1, 0.15) is 6.17 Å². The average molecular weight is 155 g/mol. The Labute approximate surface area is 67.2 Å². The number of nitrogens with zero attached hydrogens (tertiary/aromatic N) is 1. The molecule has 0 spiro atoms. The lowest BCUT2D eigenvalue weighted by molar-refractivity contribution is 0.297. The summed E-state index contributed by atoms with van der Waals surface area (Å²) in [5, 5.41) is 8.70. The van der Waals surface area contributed by atoms with Crippen LogP contribution >= 0.6 is 0 Å². The molecule has 62 valence electrons. The molecular formula is C9H14FN. The van der Waals surface area contributed by atoms with Crippen molar-refractivity contribution in [1.82, 2.24) is 0 Å². The van der Waals surface area contributed by atoms with Gasteiger partial charge in [0.25, 0.3) is 0 Å². The van der Waals surface area contributed by atoms with Crippen LogP contribution in [-0.4, -0.2) is 6.17 Å². The van der Waals surface area contributed by atoms with Crippen LogP contribution in [0.25, 0.3) is 0 Å². The molecule has 1 aliphatic carbocycles. The Morgan fingerprint density at radius 3 is 2.55 bits per heavy atom. The van der Waals surface area contributed by atoms with Gasteiger partial charge in [0.2, 0.25) is 0 Å². The maximum absolute atomic E-state index is 12.8. The van der Waals surface area contributed by atoms with Gasteiger partial charge in [-0.05, 0) is 31.6 Å². The molecule has 0 aromatic rings. The van der Waals surface area contributed by atoms with E-state index in [9.17, 15) is 4.39 Å². The smallest absolute Gasteiger partial charge is 0.100 e. The first-order valence-corrected chi connectivity index (χ1v) is 4.27. The van der Waals surface area contributed by atoms with E-state index in [1.807, 2.05) is 6.92 Å². The molecule has 0 amide bonds. The van der Waals surface area contributed by atoms with Crippen LogP contribution in [0.3, 0.4) is 0 Å². The van der Waals surface area contributed by atoms with Crippen molar-refractivity contribution in [3.05, 3.63) is 0 Å². The van der Waals surface area contributed by atoms with Crippen molar-refractivity contribution < 1.29 is 4.39 Å². The van der Waals surface area contributed by atoms with E-state index < -0.39 is 6.17 Å². The highest BCUT2D eigenvalue weighted by Gasteiger charge is 2.23. The van der Waals surface area contributed by atoms with Crippen LogP contribution in [0.15, 0.2) is 0 Å². The van der Waals surface area contributed by atoms with Gasteiger partial charge < -0.3 is 0 Å². The Balaban J connectivity index is 2.50. The highest BCUT2D eigenvalue weighted by Crippen LogP contribution is 2.29. The molecule has 0 N–H and O–H groups in total. The summed E-state index contributed by atoms with van der Waals surface area (Å²) in [6.07, 6.45) is 2.20. The molecule has 3 unspecified atom stereocenters. The molecule has 0 heterocycles. The van der Waals surface area contributed by atoms with Gasteiger partial charge in [-0.1, -0.05) is 6.92 Å². The van der Waals surface area contributed by atoms with Gasteiger partial charge >= 0.3 is 0 Å². The van der Waals surface area contributed by atoms with Crippen LogP contribution in [0.5, 0.6) is 0 Å². The summed E-state index contributed by atoms with van der Waals surface area (Å²) in [4.78, 5) is 0. The van der Waals surface area contributed by atoms with Crippen molar-refractivity contribution in [3.8, 4) is 6.07 Å². The van der Waals surface area contributed by atoms with Crippen molar-refractivity contribution in [2.45, 2.75) is 38.8 Å². The fraction of sp³-hybridized carbons (Fsp3) is 0.889. The van der Waals surface area contributed by atoms with E-state index in [0.29, 0.717) is 18.8 Å². The number of halogens is 1. The molecule has 1 saturated carbocycles. The van der Waals surface area contributed by atoms with E-state index >= 15 is 0 Å². The third kappa shape index (κ3) is 2.18. The van der Waals surface area contributed by atoms with Crippen molar-refractivity contribution in [2.24, 2.45) is 11.8 Å². The summed E-state index contributed by atoms with van der Waals surface area (Å²) in [5.74, 6) is 0.483. The molecule has 1 fully saturated rings. The minimum Gasteiger partial charge on any atom is -0.247 e. The fourth-order valence-electron chi connectivity index (χ4n) is 1.63. The molecule has 11 heavy (non-hydrogen) atoms. The second kappa shape index (κ2) is 3.71. The average Bonchev–Trinajstić information content (AvgIpc) is 2.15. The lowest BCUT2D eigenvalue weighted by Gasteiger charge is -2.11. The maximum Gasteiger partial charge on any atom is 0.100 e. The minimum atomic E-state index is -0.657. The van der Waals surface area contributed by atoms with Gasteiger partial charge in [-0.3, -0.25) is 0 Å². The summed E-state index contributed by atoms with van der Waals surface area (Å²) in [5.41, 5.74) is 0. The van der Waals surface area contributed by atoms with Crippen molar-refractivity contribution >= 4 is 0 Å². The Hall–Kier alpha value is -0.580. The van der Waals surface area contributed by atoms with Crippen LogP contribution < -0.4 is 0 Å². The predicted molar refractivity (Wildman–Crippen MR) is 41.6 cm³/mol. The Bertz CT molecular complexity index is 161. The Morgan fingerprint density at radius 2 is 1.91 bits per heavy atom. The first-order chi connectivity index (χ1) is 5.24. The number of hydrogen-bond acceptors (Lipinski definition) is 1. The van der Waals surface area contributed by atoms with E-state index in [0.717, 1.165) is 12.8 Å². The summed E-state index contributed by atoms with van der Waals surface area (Å²) in [6.45, 7) is 2.05. The molecule has 0 radical (unpaired) electrons. The molecule has 2 heteroatoms. The molecule has 3 atom stereocenters. The molecule has 0 saturated heterocycles. The molecule has 0 bridgehead atoms. The molecule has 1 nitrogen and oxygen atoms in total. The van der Waals surface area contributed by atoms with Crippen molar-refractivity contribution in [1.29, 1.82) is 5.26 Å². The lowest BCUT2D eigenvalue weighted by atomic mass is 9.91. The minimum absolute atomic E-state index is 0.0933. The first kappa shape index (κ1) is 8.52. The highest BCUT2D eigenvalue weighted by atomic mass is 19.1. The van der Waals surface area contributed by atoms with Gasteiger partial charge in [-0.25, -0.2) is 4.39 Å². The zero-order valence-electron chi connectivity index (χ0n) is 6.89. The predicted octanol–water partition coefficient (Wildman–Crippen LogP) is 2.67. The lowest BCUT2D eigenvalue weighted by Crippen LogP contribution is -2.06. The molecule has 0 aromatic heterocycles. The largest absolute Gasteiger partial charge is 0.247 e. The summed E-state index contributed by atoms with van der Waals surface area (Å²) >= 11 is 0. The molecule has 0 aliphatic heterocycles. The zero-order valence-corrected chi connectivity index (χ0v) is 6.89. The number of rotatable bonds is 0. The first-order valence-electron chi connectivity index (χ1n) is 4.27. The molecule has 1 rings (SSSR count). The number of nitriles is 1. The molecular weight excluding hydrogens is 141 g/mol. The van der Waals surface area contributed by atoms with Crippen LogP contribution in [0.2, 0.25) is 0 Å². The summed E-state index contributed by atoms with van der Waals surface area (Å²) in [7, 11) is 0. The van der Waals surface area contributed by atoms with E-state index in [1.54, 1.807) is 0 Å². The van der Waals surface area contributed by atoms with Gasteiger partial charge in [0, 0.05) is 5.92 Å².